The first-order valence-corrected chi connectivity index (χ1v) is 15.1. The minimum absolute atomic E-state index is 0.0419. The normalized spacial score (nSPS) is 21.0. The van der Waals surface area contributed by atoms with Crippen molar-refractivity contribution >= 4 is 37.6 Å². The van der Waals surface area contributed by atoms with Crippen molar-refractivity contribution in [2.45, 2.75) is 24.6 Å². The summed E-state index contributed by atoms with van der Waals surface area (Å²) in [6.07, 6.45) is 2.01. The van der Waals surface area contributed by atoms with E-state index in [0.717, 1.165) is 41.9 Å². The van der Waals surface area contributed by atoms with E-state index in [-0.39, 0.29) is 23.5 Å². The second-order valence-corrected chi connectivity index (χ2v) is 13.7. The number of nitrogens with one attached hydrogen (secondary N) is 3. The number of hydrogen-bond acceptors (Lipinski definition) is 9. The molecule has 2 atom stereocenters. The third-order valence-electron chi connectivity index (χ3n) is 6.57. The second kappa shape index (κ2) is 11.6. The quantitative estimate of drug-likeness (QED) is 0.320. The summed E-state index contributed by atoms with van der Waals surface area (Å²) in [6.45, 7) is 1.99. The molecule has 1 saturated heterocycles. The van der Waals surface area contributed by atoms with Crippen LogP contribution in [0.15, 0.2) is 47.8 Å². The molecular weight excluding hydrogens is 582 g/mol. The maximum atomic E-state index is 15.4. The van der Waals surface area contributed by atoms with Crippen LogP contribution in [0.4, 0.5) is 14.5 Å². The molecule has 3 rings (SSSR count). The third-order valence-corrected chi connectivity index (χ3v) is 10.6. The Morgan fingerprint density at radius 3 is 2.51 bits per heavy atom. The number of benzene rings is 1. The first kappa shape index (κ1) is 31.7. The molecule has 1 aliphatic heterocycles. The number of nitrogens with two attached hydrogens (primary N) is 1. The molecule has 0 aliphatic carbocycles. The summed E-state index contributed by atoms with van der Waals surface area (Å²) in [5.74, 6) is -2.85. The number of halogens is 2. The molecule has 1 aromatic heterocycles. The van der Waals surface area contributed by atoms with Crippen LogP contribution in [-0.4, -0.2) is 86.7 Å². The lowest BCUT2D eigenvalue weighted by Gasteiger charge is -2.47. The Balaban J connectivity index is 2.11. The molecule has 41 heavy (non-hydrogen) atoms. The van der Waals surface area contributed by atoms with Crippen molar-refractivity contribution < 1.29 is 30.4 Å². The van der Waals surface area contributed by atoms with Crippen molar-refractivity contribution in [1.82, 2.24) is 23.8 Å². The number of amides is 1. The number of hydrogen-bond donors (Lipinski definition) is 4. The predicted molar refractivity (Wildman–Crippen MR) is 149 cm³/mol. The van der Waals surface area contributed by atoms with Crippen LogP contribution in [0, 0.1) is 17.0 Å². The Labute approximate surface area is 237 Å². The van der Waals surface area contributed by atoms with Gasteiger partial charge in [-0.3, -0.25) is 10.2 Å². The van der Waals surface area contributed by atoms with Gasteiger partial charge in [0.15, 0.2) is 5.03 Å². The zero-order chi connectivity index (χ0) is 30.9. The van der Waals surface area contributed by atoms with Crippen molar-refractivity contribution in [3.05, 3.63) is 70.6 Å². The van der Waals surface area contributed by atoms with Crippen molar-refractivity contribution in [2.75, 3.05) is 39.5 Å². The van der Waals surface area contributed by atoms with Crippen LogP contribution in [0.5, 0.6) is 0 Å². The molecule has 0 unspecified atom stereocenters. The number of carbonyl (C=O) groups excluding carboxylic acids is 1. The minimum atomic E-state index is -4.45. The number of anilines is 1. The highest BCUT2D eigenvalue weighted by molar-refractivity contribution is 7.93. The van der Waals surface area contributed by atoms with Gasteiger partial charge in [-0.2, -0.15) is 4.31 Å². The highest BCUT2D eigenvalue weighted by Crippen LogP contribution is 2.38. The molecule has 1 aliphatic rings. The number of nitrogens with zero attached hydrogens (tertiary/aromatic N) is 4. The number of sulfonamides is 2. The van der Waals surface area contributed by atoms with Gasteiger partial charge in [-0.1, -0.05) is 6.92 Å². The predicted octanol–water partition coefficient (Wildman–Crippen LogP) is 0.966. The minimum Gasteiger partial charge on any atom is -0.387 e. The van der Waals surface area contributed by atoms with E-state index in [1.807, 2.05) is 0 Å². The van der Waals surface area contributed by atoms with Crippen LogP contribution in [0.1, 0.15) is 29.9 Å². The molecular formula is C24H32F2N8O5S2. The van der Waals surface area contributed by atoms with Crippen LogP contribution in [0.2, 0.25) is 0 Å². The fraction of sp³-hybridized carbons (Fsp3) is 0.375. The van der Waals surface area contributed by atoms with E-state index < -0.39 is 65.9 Å². The van der Waals surface area contributed by atoms with E-state index >= 15 is 4.39 Å². The molecule has 17 heteroatoms. The van der Waals surface area contributed by atoms with Gasteiger partial charge in [0, 0.05) is 51.7 Å². The Bertz CT molecular complexity index is 1580. The summed E-state index contributed by atoms with van der Waals surface area (Å²) in [6, 6.07) is 5.58. The Morgan fingerprint density at radius 1 is 1.29 bits per heavy atom. The number of aromatic nitrogens is 1. The van der Waals surface area contributed by atoms with E-state index in [0.29, 0.717) is 4.31 Å². The average Bonchev–Trinajstić information content (AvgIpc) is 2.88. The third kappa shape index (κ3) is 6.25. The molecule has 2 aromatic rings. The summed E-state index contributed by atoms with van der Waals surface area (Å²) >= 11 is 0. The van der Waals surface area contributed by atoms with Crippen LogP contribution < -0.4 is 16.4 Å². The summed E-state index contributed by atoms with van der Waals surface area (Å²) in [5, 5.41) is 11.3. The topological polar surface area (TPSA) is 182 Å². The maximum Gasteiger partial charge on any atom is 0.274 e. The molecule has 1 amide bonds. The lowest BCUT2D eigenvalue weighted by atomic mass is 9.87. The number of pyridine rings is 1. The molecule has 0 radical (unpaired) electrons. The smallest absolute Gasteiger partial charge is 0.274 e. The monoisotopic (exact) mass is 614 g/mol. The molecule has 0 spiro atoms. The van der Waals surface area contributed by atoms with E-state index in [4.69, 9.17) is 11.1 Å². The highest BCUT2D eigenvalue weighted by atomic mass is 32.2. The molecule has 1 fully saturated rings. The fourth-order valence-corrected chi connectivity index (χ4v) is 7.55. The zero-order valence-corrected chi connectivity index (χ0v) is 24.6. The van der Waals surface area contributed by atoms with Gasteiger partial charge in [0.1, 0.15) is 22.6 Å². The molecule has 0 saturated carbocycles. The molecule has 2 heterocycles. The van der Waals surface area contributed by atoms with Crippen molar-refractivity contribution in [1.29, 1.82) is 5.41 Å². The second-order valence-electron chi connectivity index (χ2n) is 9.64. The van der Waals surface area contributed by atoms with E-state index in [2.05, 4.69) is 15.6 Å². The largest absolute Gasteiger partial charge is 0.387 e. The zero-order valence-electron chi connectivity index (χ0n) is 23.0. The van der Waals surface area contributed by atoms with Crippen LogP contribution in [0.25, 0.3) is 0 Å². The molecule has 13 nitrogen and oxygen atoms in total. The average molecular weight is 615 g/mol. The van der Waals surface area contributed by atoms with Gasteiger partial charge >= 0.3 is 0 Å². The van der Waals surface area contributed by atoms with Gasteiger partial charge in [-0.05, 0) is 37.3 Å². The van der Waals surface area contributed by atoms with Crippen molar-refractivity contribution in [3.8, 4) is 0 Å². The van der Waals surface area contributed by atoms with Crippen LogP contribution in [-0.2, 0) is 25.6 Å². The maximum absolute atomic E-state index is 15.4. The number of guanidine groups is 1. The van der Waals surface area contributed by atoms with E-state index in [1.165, 1.54) is 30.9 Å². The molecule has 0 bridgehead atoms. The van der Waals surface area contributed by atoms with Crippen LogP contribution in [0.3, 0.4) is 0 Å². The summed E-state index contributed by atoms with van der Waals surface area (Å²) in [5.41, 5.74) is 3.58. The number of rotatable bonds is 9. The SMILES string of the molecule is CCN(C[C@H]1[C@@](C)(c2cc(NC(=O)c3ccc(F)cn3)ccc2F)NC(=N)N(C)S1(=O)=O)S(=O)(=O)/C(N)=C/N(C)C. The Morgan fingerprint density at radius 2 is 1.95 bits per heavy atom. The van der Waals surface area contributed by atoms with Gasteiger partial charge in [0.25, 0.3) is 15.9 Å². The first-order valence-electron chi connectivity index (χ1n) is 12.2. The van der Waals surface area contributed by atoms with Crippen molar-refractivity contribution in [2.24, 2.45) is 5.73 Å². The molecule has 1 aromatic carbocycles. The summed E-state index contributed by atoms with van der Waals surface area (Å²) < 4.78 is 84.0. The summed E-state index contributed by atoms with van der Waals surface area (Å²) in [4.78, 5) is 17.7. The van der Waals surface area contributed by atoms with E-state index in [1.54, 1.807) is 14.1 Å². The Hall–Kier alpha value is -3.83. The fourth-order valence-electron chi connectivity index (χ4n) is 4.30. The molecule has 224 valence electrons. The Kier molecular flexibility index (Phi) is 8.95. The van der Waals surface area contributed by atoms with Crippen molar-refractivity contribution in [3.63, 3.8) is 0 Å². The van der Waals surface area contributed by atoms with Gasteiger partial charge in [-0.15, -0.1) is 0 Å². The highest BCUT2D eigenvalue weighted by Gasteiger charge is 2.54. The lowest BCUT2D eigenvalue weighted by molar-refractivity contribution is 0.102. The van der Waals surface area contributed by atoms with Gasteiger partial charge < -0.3 is 21.3 Å². The first-order chi connectivity index (χ1) is 18.9. The summed E-state index contributed by atoms with van der Waals surface area (Å²) in [7, 11) is -4.56. The van der Waals surface area contributed by atoms with Gasteiger partial charge in [-0.25, -0.2) is 34.9 Å². The van der Waals surface area contributed by atoms with Gasteiger partial charge in [0.2, 0.25) is 16.0 Å². The standard InChI is InChI=1S/C24H32F2N8O5S2/c1-6-34(41(38,39)21(27)14-32(3)4)13-20-24(2,31-23(28)33(5)40(20,36)37)17-11-16(8-9-18(17)26)30-22(35)19-10-7-15(25)12-29-19/h7-12,14,20H,6,13,27H2,1-5H3,(H2,28,31)(H,30,35)/b21-14+/t20-,24+/m0/s1. The van der Waals surface area contributed by atoms with E-state index in [9.17, 15) is 26.0 Å². The van der Waals surface area contributed by atoms with Crippen LogP contribution >= 0.6 is 0 Å². The van der Waals surface area contributed by atoms with Gasteiger partial charge in [0.05, 0.1) is 11.7 Å². The number of carbonyl (C=O) groups is 1. The lowest BCUT2D eigenvalue weighted by Crippen LogP contribution is -2.68. The molecule has 5 N–H and O–H groups in total.